The van der Waals surface area contributed by atoms with E-state index in [1.54, 1.807) is 18.3 Å². The van der Waals surface area contributed by atoms with Crippen LogP contribution in [0.25, 0.3) is 16.9 Å². The number of carboxylic acid groups (broad SMARTS) is 1. The number of allylic oxidation sites excluding steroid dienone is 1. The standard InChI is InChI=1S/C26H26N6O3/c1-2-13-31-14-3-4-19(16-31)23-21-10-12-29-26(27)32(21)24(30-23)17-5-7-20(8-6-17)35-22-15-18(25(33)34)9-11-28-22/h2,5-13,15,19H,3-4,14,16H2,1H3,(H2,27,29)(H,33,34). The number of benzene rings is 1. The summed E-state index contributed by atoms with van der Waals surface area (Å²) in [7, 11) is 0. The molecule has 1 atom stereocenters. The van der Waals surface area contributed by atoms with Gasteiger partial charge in [0.15, 0.2) is 0 Å². The molecule has 1 unspecified atom stereocenters. The first kappa shape index (κ1) is 22.4. The van der Waals surface area contributed by atoms with Crippen molar-refractivity contribution in [3.63, 3.8) is 0 Å². The van der Waals surface area contributed by atoms with Crippen molar-refractivity contribution in [2.45, 2.75) is 25.7 Å². The largest absolute Gasteiger partial charge is 0.478 e. The number of hydrogen-bond acceptors (Lipinski definition) is 7. The molecule has 1 aliphatic rings. The second-order valence-corrected chi connectivity index (χ2v) is 8.48. The van der Waals surface area contributed by atoms with Crippen LogP contribution in [-0.2, 0) is 0 Å². The van der Waals surface area contributed by atoms with E-state index in [0.717, 1.165) is 48.5 Å². The molecule has 9 nitrogen and oxygen atoms in total. The Balaban J connectivity index is 1.47. The molecule has 0 bridgehead atoms. The first-order valence-corrected chi connectivity index (χ1v) is 11.5. The zero-order valence-electron chi connectivity index (χ0n) is 19.3. The normalized spacial score (nSPS) is 16.1. The van der Waals surface area contributed by atoms with Crippen molar-refractivity contribution in [1.82, 2.24) is 24.3 Å². The van der Waals surface area contributed by atoms with E-state index in [-0.39, 0.29) is 11.4 Å². The van der Waals surface area contributed by atoms with Crippen LogP contribution in [0.1, 0.15) is 41.7 Å². The molecule has 1 fully saturated rings. The number of nitrogen functional groups attached to an aromatic ring is 1. The third-order valence-corrected chi connectivity index (χ3v) is 6.13. The maximum absolute atomic E-state index is 11.2. The number of piperidine rings is 1. The molecule has 9 heteroatoms. The number of likely N-dealkylation sites (tertiary alicyclic amines) is 1. The molecular formula is C26H26N6O3. The molecule has 4 aromatic rings. The lowest BCUT2D eigenvalue weighted by Gasteiger charge is -2.31. The Labute approximate surface area is 202 Å². The Bertz CT molecular complexity index is 1400. The molecule has 1 saturated heterocycles. The lowest BCUT2D eigenvalue weighted by Crippen LogP contribution is -2.30. The maximum atomic E-state index is 11.2. The summed E-state index contributed by atoms with van der Waals surface area (Å²) in [5, 5.41) is 9.17. The zero-order chi connectivity index (χ0) is 24.4. The van der Waals surface area contributed by atoms with Crippen LogP contribution in [0.15, 0.2) is 67.1 Å². The molecule has 178 valence electrons. The summed E-state index contributed by atoms with van der Waals surface area (Å²) in [4.78, 5) is 27.0. The molecule has 3 N–H and O–H groups in total. The van der Waals surface area contributed by atoms with Gasteiger partial charge < -0.3 is 20.5 Å². The molecule has 3 aromatic heterocycles. The van der Waals surface area contributed by atoms with Gasteiger partial charge in [-0.1, -0.05) is 6.08 Å². The van der Waals surface area contributed by atoms with Crippen LogP contribution in [0.3, 0.4) is 0 Å². The molecule has 35 heavy (non-hydrogen) atoms. The number of pyridine rings is 1. The van der Waals surface area contributed by atoms with Crippen molar-refractivity contribution in [1.29, 1.82) is 0 Å². The minimum atomic E-state index is -1.03. The van der Waals surface area contributed by atoms with Gasteiger partial charge in [0.2, 0.25) is 11.8 Å². The van der Waals surface area contributed by atoms with Crippen LogP contribution < -0.4 is 10.5 Å². The van der Waals surface area contributed by atoms with Gasteiger partial charge in [-0.3, -0.25) is 4.40 Å². The summed E-state index contributed by atoms with van der Waals surface area (Å²) in [5.41, 5.74) is 9.27. The molecule has 0 aliphatic carbocycles. The minimum absolute atomic E-state index is 0.113. The number of hydrogen-bond donors (Lipinski definition) is 2. The van der Waals surface area contributed by atoms with Gasteiger partial charge in [-0.25, -0.2) is 19.7 Å². The van der Waals surface area contributed by atoms with E-state index >= 15 is 0 Å². The van der Waals surface area contributed by atoms with Gasteiger partial charge in [-0.15, -0.1) is 0 Å². The molecule has 0 saturated carbocycles. The third-order valence-electron chi connectivity index (χ3n) is 6.13. The fraction of sp³-hybridized carbons (Fsp3) is 0.231. The maximum Gasteiger partial charge on any atom is 0.335 e. The van der Waals surface area contributed by atoms with E-state index in [9.17, 15) is 9.90 Å². The Morgan fingerprint density at radius 2 is 1.97 bits per heavy atom. The highest BCUT2D eigenvalue weighted by Crippen LogP contribution is 2.34. The number of carbonyl (C=O) groups is 1. The van der Waals surface area contributed by atoms with Crippen LogP contribution in [0.5, 0.6) is 11.6 Å². The van der Waals surface area contributed by atoms with Crippen molar-refractivity contribution in [2.24, 2.45) is 0 Å². The lowest BCUT2D eigenvalue weighted by atomic mass is 9.94. The van der Waals surface area contributed by atoms with Gasteiger partial charge in [-0.05, 0) is 62.4 Å². The third kappa shape index (κ3) is 4.52. The van der Waals surface area contributed by atoms with Crippen LogP contribution in [0.4, 0.5) is 5.95 Å². The van der Waals surface area contributed by atoms with Crippen molar-refractivity contribution in [3.05, 3.63) is 78.4 Å². The first-order chi connectivity index (χ1) is 17.0. The van der Waals surface area contributed by atoms with Crippen molar-refractivity contribution in [2.75, 3.05) is 18.8 Å². The van der Waals surface area contributed by atoms with Gasteiger partial charge >= 0.3 is 5.97 Å². The summed E-state index contributed by atoms with van der Waals surface area (Å²) in [5.74, 6) is 1.11. The first-order valence-electron chi connectivity index (χ1n) is 11.5. The van der Waals surface area contributed by atoms with Crippen LogP contribution in [0, 0.1) is 0 Å². The molecular weight excluding hydrogens is 444 g/mol. The Kier molecular flexibility index (Phi) is 6.05. The molecule has 0 radical (unpaired) electrons. The van der Waals surface area contributed by atoms with Gasteiger partial charge in [0, 0.05) is 43.0 Å². The smallest absolute Gasteiger partial charge is 0.335 e. The number of fused-ring (bicyclic) bond motifs is 1. The van der Waals surface area contributed by atoms with Gasteiger partial charge in [-0.2, -0.15) is 0 Å². The average Bonchev–Trinajstić information content (AvgIpc) is 3.26. The van der Waals surface area contributed by atoms with Crippen LogP contribution in [0.2, 0.25) is 0 Å². The van der Waals surface area contributed by atoms with E-state index in [0.29, 0.717) is 17.6 Å². The van der Waals surface area contributed by atoms with Crippen molar-refractivity contribution < 1.29 is 14.6 Å². The molecule has 5 rings (SSSR count). The second kappa shape index (κ2) is 9.46. The lowest BCUT2D eigenvalue weighted by molar-refractivity contribution is 0.0696. The number of aromatic nitrogens is 4. The quantitative estimate of drug-likeness (QED) is 0.420. The van der Waals surface area contributed by atoms with E-state index in [1.807, 2.05) is 29.5 Å². The van der Waals surface area contributed by atoms with E-state index in [1.165, 1.54) is 18.3 Å². The van der Waals surface area contributed by atoms with Gasteiger partial charge in [0.1, 0.15) is 11.6 Å². The SMILES string of the molecule is CC=CN1CCCC(c2nc(-c3ccc(Oc4cc(C(=O)O)ccn4)cc3)n3c(N)nccc23)C1. The summed E-state index contributed by atoms with van der Waals surface area (Å²) < 4.78 is 7.66. The average molecular weight is 471 g/mol. The van der Waals surface area contributed by atoms with E-state index in [2.05, 4.69) is 27.1 Å². The fourth-order valence-electron chi connectivity index (χ4n) is 4.54. The number of carboxylic acids is 1. The minimum Gasteiger partial charge on any atom is -0.478 e. The highest BCUT2D eigenvalue weighted by atomic mass is 16.5. The van der Waals surface area contributed by atoms with Crippen LogP contribution >= 0.6 is 0 Å². The van der Waals surface area contributed by atoms with Gasteiger partial charge in [0.05, 0.1) is 16.8 Å². The van der Waals surface area contributed by atoms with Crippen molar-refractivity contribution in [3.8, 4) is 23.0 Å². The predicted octanol–water partition coefficient (Wildman–Crippen LogP) is 4.58. The number of ether oxygens (including phenoxy) is 1. The molecule has 0 amide bonds. The number of nitrogens with zero attached hydrogens (tertiary/aromatic N) is 5. The monoisotopic (exact) mass is 470 g/mol. The van der Waals surface area contributed by atoms with Gasteiger partial charge in [0.25, 0.3) is 0 Å². The Morgan fingerprint density at radius 1 is 1.17 bits per heavy atom. The number of nitrogens with two attached hydrogens (primary N) is 1. The van der Waals surface area contributed by atoms with Crippen LogP contribution in [-0.4, -0.2) is 48.4 Å². The number of aromatic carboxylic acids is 1. The summed E-state index contributed by atoms with van der Waals surface area (Å²) in [6.45, 7) is 4.00. The topological polar surface area (TPSA) is 119 Å². The van der Waals surface area contributed by atoms with E-state index in [4.69, 9.17) is 15.5 Å². The summed E-state index contributed by atoms with van der Waals surface area (Å²) in [6, 6.07) is 12.2. The highest BCUT2D eigenvalue weighted by Gasteiger charge is 2.26. The molecule has 0 spiro atoms. The molecule has 4 heterocycles. The predicted molar refractivity (Wildman–Crippen MR) is 132 cm³/mol. The Morgan fingerprint density at radius 3 is 2.74 bits per heavy atom. The number of imidazole rings is 1. The summed E-state index contributed by atoms with van der Waals surface area (Å²) in [6.07, 6.45) is 9.51. The summed E-state index contributed by atoms with van der Waals surface area (Å²) >= 11 is 0. The fourth-order valence-corrected chi connectivity index (χ4v) is 4.54. The second-order valence-electron chi connectivity index (χ2n) is 8.48. The Hall–Kier alpha value is -4.40. The molecule has 1 aromatic carbocycles. The number of rotatable bonds is 6. The van der Waals surface area contributed by atoms with E-state index < -0.39 is 5.97 Å². The van der Waals surface area contributed by atoms with Crippen molar-refractivity contribution >= 4 is 17.4 Å². The zero-order valence-corrected chi connectivity index (χ0v) is 19.3. The highest BCUT2D eigenvalue weighted by molar-refractivity contribution is 5.87. The molecule has 1 aliphatic heterocycles. The number of anilines is 1.